The van der Waals surface area contributed by atoms with Gasteiger partial charge in [-0.15, -0.1) is 11.3 Å². The van der Waals surface area contributed by atoms with E-state index in [1.807, 2.05) is 31.2 Å². The van der Waals surface area contributed by atoms with Crippen molar-refractivity contribution in [3.63, 3.8) is 0 Å². The van der Waals surface area contributed by atoms with Gasteiger partial charge in [0.1, 0.15) is 5.75 Å². The molecule has 7 nitrogen and oxygen atoms in total. The maximum atomic E-state index is 12.2. The highest BCUT2D eigenvalue weighted by Crippen LogP contribution is 2.31. The first-order valence-corrected chi connectivity index (χ1v) is 8.93. The molecule has 3 aromatic rings. The summed E-state index contributed by atoms with van der Waals surface area (Å²) in [5, 5.41) is 14.0. The van der Waals surface area contributed by atoms with Crippen LogP contribution in [0.4, 0.5) is 10.8 Å². The van der Waals surface area contributed by atoms with Gasteiger partial charge in [0.15, 0.2) is 5.13 Å². The number of aryl methyl sites for hydroxylation is 1. The average molecular weight is 383 g/mol. The van der Waals surface area contributed by atoms with Crippen LogP contribution in [0.25, 0.3) is 11.3 Å². The van der Waals surface area contributed by atoms with Crippen LogP contribution in [0.1, 0.15) is 10.4 Å². The molecule has 0 atom stereocenters. The average Bonchev–Trinajstić information content (AvgIpc) is 3.02. The van der Waals surface area contributed by atoms with Gasteiger partial charge in [0.2, 0.25) is 5.91 Å². The number of aromatic nitrogens is 1. The van der Waals surface area contributed by atoms with Gasteiger partial charge < -0.3 is 10.1 Å². The lowest BCUT2D eigenvalue weighted by atomic mass is 10.1. The molecule has 0 spiro atoms. The Kier molecular flexibility index (Phi) is 5.46. The first-order valence-electron chi connectivity index (χ1n) is 8.11. The molecule has 0 unspecified atom stereocenters. The predicted molar refractivity (Wildman–Crippen MR) is 104 cm³/mol. The smallest absolute Gasteiger partial charge is 0.269 e. The lowest BCUT2D eigenvalue weighted by Gasteiger charge is -2.03. The molecule has 138 valence electrons. The minimum Gasteiger partial charge on any atom is -0.497 e. The topological polar surface area (TPSA) is 94.4 Å². The molecule has 0 saturated heterocycles. The van der Waals surface area contributed by atoms with E-state index in [2.05, 4.69) is 10.3 Å². The summed E-state index contributed by atoms with van der Waals surface area (Å²) >= 11 is 1.40. The van der Waals surface area contributed by atoms with Crippen molar-refractivity contribution in [2.45, 2.75) is 13.3 Å². The number of nitrogens with one attached hydrogen (secondary N) is 1. The Morgan fingerprint density at radius 2 is 1.85 bits per heavy atom. The zero-order valence-corrected chi connectivity index (χ0v) is 15.6. The van der Waals surface area contributed by atoms with Crippen molar-refractivity contribution in [2.24, 2.45) is 0 Å². The molecule has 0 aliphatic heterocycles. The number of benzene rings is 2. The van der Waals surface area contributed by atoms with Crippen molar-refractivity contribution in [3.05, 3.63) is 69.1 Å². The molecule has 0 saturated carbocycles. The number of hydrogen-bond acceptors (Lipinski definition) is 6. The normalized spacial score (nSPS) is 10.4. The highest BCUT2D eigenvalue weighted by atomic mass is 32.1. The maximum Gasteiger partial charge on any atom is 0.269 e. The lowest BCUT2D eigenvalue weighted by Crippen LogP contribution is -2.14. The van der Waals surface area contributed by atoms with Gasteiger partial charge in [-0.2, -0.15) is 0 Å². The highest BCUT2D eigenvalue weighted by molar-refractivity contribution is 7.16. The van der Waals surface area contributed by atoms with Crippen molar-refractivity contribution >= 4 is 28.1 Å². The Balaban J connectivity index is 1.68. The zero-order chi connectivity index (χ0) is 19.4. The first kappa shape index (κ1) is 18.5. The second kappa shape index (κ2) is 7.96. The maximum absolute atomic E-state index is 12.2. The van der Waals surface area contributed by atoms with Crippen LogP contribution >= 0.6 is 11.3 Å². The number of nitro benzene ring substituents is 1. The number of methoxy groups -OCH3 is 1. The molecule has 8 heteroatoms. The summed E-state index contributed by atoms with van der Waals surface area (Å²) in [4.78, 5) is 28.0. The minimum atomic E-state index is -0.469. The number of hydrogen-bond donors (Lipinski definition) is 1. The Hall–Kier alpha value is -3.26. The van der Waals surface area contributed by atoms with E-state index in [9.17, 15) is 14.9 Å². The third kappa shape index (κ3) is 4.48. The van der Waals surface area contributed by atoms with E-state index < -0.39 is 4.92 Å². The molecule has 3 rings (SSSR count). The van der Waals surface area contributed by atoms with Crippen LogP contribution in [0.2, 0.25) is 0 Å². The molecule has 1 amide bonds. The molecule has 0 radical (unpaired) electrons. The fourth-order valence-corrected chi connectivity index (χ4v) is 3.40. The second-order valence-electron chi connectivity index (χ2n) is 5.80. The predicted octanol–water partition coefficient (Wildman–Crippen LogP) is 4.22. The molecule has 0 aliphatic rings. The lowest BCUT2D eigenvalue weighted by molar-refractivity contribution is -0.384. The van der Waals surface area contributed by atoms with Crippen molar-refractivity contribution in [1.82, 2.24) is 4.98 Å². The van der Waals surface area contributed by atoms with Gasteiger partial charge in [0.05, 0.1) is 24.1 Å². The van der Waals surface area contributed by atoms with Gasteiger partial charge in [0, 0.05) is 22.6 Å². The molecule has 0 bridgehead atoms. The molecular formula is C19H17N3O4S. The Morgan fingerprint density at radius 1 is 1.19 bits per heavy atom. The number of nitro groups is 1. The van der Waals surface area contributed by atoms with Crippen molar-refractivity contribution in [1.29, 1.82) is 0 Å². The first-order chi connectivity index (χ1) is 13.0. The molecule has 1 N–H and O–H groups in total. The van der Waals surface area contributed by atoms with Crippen molar-refractivity contribution in [2.75, 3.05) is 12.4 Å². The Labute approximate surface area is 159 Å². The SMILES string of the molecule is COc1ccc(-c2nc(NC(=O)Cc3ccc([N+](=O)[O-])cc3)sc2C)cc1. The van der Waals surface area contributed by atoms with Gasteiger partial charge in [-0.3, -0.25) is 14.9 Å². The number of anilines is 1. The fourth-order valence-electron chi connectivity index (χ4n) is 2.55. The summed E-state index contributed by atoms with van der Waals surface area (Å²) in [6.45, 7) is 1.95. The largest absolute Gasteiger partial charge is 0.497 e. The molecular weight excluding hydrogens is 366 g/mol. The number of nitrogens with zero attached hydrogens (tertiary/aromatic N) is 2. The van der Waals surface area contributed by atoms with E-state index in [-0.39, 0.29) is 18.0 Å². The molecule has 0 aliphatic carbocycles. The number of amides is 1. The molecule has 0 fully saturated rings. The number of rotatable bonds is 6. The standard InChI is InChI=1S/C19H17N3O4S/c1-12-18(14-5-9-16(26-2)10-6-14)21-19(27-12)20-17(23)11-13-3-7-15(8-4-13)22(24)25/h3-10H,11H2,1-2H3,(H,20,21,23). The van der Waals surface area contributed by atoms with E-state index in [0.717, 1.165) is 21.9 Å². The van der Waals surface area contributed by atoms with Gasteiger partial charge in [-0.05, 0) is 36.8 Å². The monoisotopic (exact) mass is 383 g/mol. The van der Waals surface area contributed by atoms with Crippen LogP contribution in [0.3, 0.4) is 0 Å². The highest BCUT2D eigenvalue weighted by Gasteiger charge is 2.13. The van der Waals surface area contributed by atoms with Gasteiger partial charge in [0.25, 0.3) is 5.69 Å². The van der Waals surface area contributed by atoms with Crippen LogP contribution in [0, 0.1) is 17.0 Å². The van der Waals surface area contributed by atoms with E-state index in [1.165, 1.54) is 23.5 Å². The van der Waals surface area contributed by atoms with Gasteiger partial charge in [-0.25, -0.2) is 4.98 Å². The van der Waals surface area contributed by atoms with Crippen molar-refractivity contribution in [3.8, 4) is 17.0 Å². The van der Waals surface area contributed by atoms with Crippen LogP contribution < -0.4 is 10.1 Å². The molecule has 2 aromatic carbocycles. The Bertz CT molecular complexity index is 966. The van der Waals surface area contributed by atoms with Crippen LogP contribution in [-0.2, 0) is 11.2 Å². The molecule has 1 aromatic heterocycles. The summed E-state index contributed by atoms with van der Waals surface area (Å²) < 4.78 is 5.16. The van der Waals surface area contributed by atoms with E-state index >= 15 is 0 Å². The number of thiazole rings is 1. The van der Waals surface area contributed by atoms with Crippen LogP contribution in [-0.4, -0.2) is 22.9 Å². The third-order valence-electron chi connectivity index (χ3n) is 3.92. The summed E-state index contributed by atoms with van der Waals surface area (Å²) in [6, 6.07) is 13.5. The minimum absolute atomic E-state index is 0.00107. The Morgan fingerprint density at radius 3 is 2.44 bits per heavy atom. The van der Waals surface area contributed by atoms with Crippen LogP contribution in [0.5, 0.6) is 5.75 Å². The van der Waals surface area contributed by atoms with Crippen LogP contribution in [0.15, 0.2) is 48.5 Å². The molecule has 1 heterocycles. The fraction of sp³-hybridized carbons (Fsp3) is 0.158. The van der Waals surface area contributed by atoms with Gasteiger partial charge >= 0.3 is 0 Å². The summed E-state index contributed by atoms with van der Waals surface area (Å²) in [6.07, 6.45) is 0.120. The van der Waals surface area contributed by atoms with E-state index in [4.69, 9.17) is 4.74 Å². The second-order valence-corrected chi connectivity index (χ2v) is 7.00. The number of non-ortho nitro benzene ring substituents is 1. The number of carbonyl (C=O) groups is 1. The van der Waals surface area contributed by atoms with Gasteiger partial charge in [-0.1, -0.05) is 12.1 Å². The number of ether oxygens (including phenoxy) is 1. The van der Waals surface area contributed by atoms with E-state index in [0.29, 0.717) is 10.7 Å². The summed E-state index contributed by atoms with van der Waals surface area (Å²) in [5.41, 5.74) is 2.45. The quantitative estimate of drug-likeness (QED) is 0.508. The zero-order valence-electron chi connectivity index (χ0n) is 14.8. The van der Waals surface area contributed by atoms with E-state index in [1.54, 1.807) is 19.2 Å². The van der Waals surface area contributed by atoms with Crippen molar-refractivity contribution < 1.29 is 14.5 Å². The summed E-state index contributed by atoms with van der Waals surface area (Å²) in [5.74, 6) is 0.544. The third-order valence-corrected chi connectivity index (χ3v) is 4.80. The number of carbonyl (C=O) groups excluding carboxylic acids is 1. The molecule has 27 heavy (non-hydrogen) atoms. The summed E-state index contributed by atoms with van der Waals surface area (Å²) in [7, 11) is 1.61.